The van der Waals surface area contributed by atoms with E-state index in [0.29, 0.717) is 12.5 Å². The fourth-order valence-corrected chi connectivity index (χ4v) is 3.32. The Bertz CT molecular complexity index is 455. The number of nitrogens with one attached hydrogen (secondary N) is 1. The lowest BCUT2D eigenvalue weighted by Gasteiger charge is -2.32. The summed E-state index contributed by atoms with van der Waals surface area (Å²) in [6.07, 6.45) is 8.25. The van der Waals surface area contributed by atoms with E-state index in [0.717, 1.165) is 71.1 Å². The van der Waals surface area contributed by atoms with E-state index in [4.69, 9.17) is 5.73 Å². The van der Waals surface area contributed by atoms with Crippen molar-refractivity contribution in [2.75, 3.05) is 26.2 Å². The number of rotatable bonds is 10. The van der Waals surface area contributed by atoms with Crippen molar-refractivity contribution in [2.45, 2.75) is 57.4 Å². The van der Waals surface area contributed by atoms with Gasteiger partial charge in [-0.05, 0) is 44.2 Å². The lowest BCUT2D eigenvalue weighted by molar-refractivity contribution is -0.122. The summed E-state index contributed by atoms with van der Waals surface area (Å²) >= 11 is 0. The van der Waals surface area contributed by atoms with Crippen LogP contribution in [0.25, 0.3) is 0 Å². The van der Waals surface area contributed by atoms with E-state index in [-0.39, 0.29) is 5.91 Å². The first kappa shape index (κ1) is 18.9. The molecule has 2 rings (SSSR count). The molecular weight excluding hydrogens is 298 g/mol. The van der Waals surface area contributed by atoms with Gasteiger partial charge in [-0.15, -0.1) is 0 Å². The van der Waals surface area contributed by atoms with E-state index in [2.05, 4.69) is 40.5 Å². The molecule has 1 amide bonds. The average molecular weight is 332 g/mol. The molecule has 0 aliphatic carbocycles. The molecule has 1 saturated heterocycles. The van der Waals surface area contributed by atoms with E-state index in [9.17, 15) is 4.79 Å². The molecule has 4 heteroatoms. The number of amides is 1. The van der Waals surface area contributed by atoms with Gasteiger partial charge in [0.05, 0.1) is 0 Å². The molecule has 3 N–H and O–H groups in total. The summed E-state index contributed by atoms with van der Waals surface area (Å²) < 4.78 is 0. The molecule has 1 fully saturated rings. The highest BCUT2D eigenvalue weighted by molar-refractivity contribution is 5.76. The summed E-state index contributed by atoms with van der Waals surface area (Å²) in [5.41, 5.74) is 6.88. The Morgan fingerprint density at radius 1 is 1.08 bits per heavy atom. The predicted octanol–water partition coefficient (Wildman–Crippen LogP) is 2.72. The third kappa shape index (κ3) is 7.45. The number of carbonyl (C=O) groups excluding carboxylic acids is 1. The van der Waals surface area contributed by atoms with E-state index in [1.165, 1.54) is 5.56 Å². The quantitative estimate of drug-likeness (QED) is 0.648. The van der Waals surface area contributed by atoms with Gasteiger partial charge < -0.3 is 16.0 Å². The topological polar surface area (TPSA) is 58.4 Å². The van der Waals surface area contributed by atoms with Crippen molar-refractivity contribution in [1.82, 2.24) is 10.2 Å². The monoisotopic (exact) mass is 331 g/mol. The van der Waals surface area contributed by atoms with E-state index < -0.39 is 0 Å². The zero-order valence-corrected chi connectivity index (χ0v) is 14.9. The van der Waals surface area contributed by atoms with Gasteiger partial charge in [0.1, 0.15) is 0 Å². The van der Waals surface area contributed by atoms with Crippen molar-refractivity contribution in [3.8, 4) is 0 Å². The van der Waals surface area contributed by atoms with E-state index >= 15 is 0 Å². The van der Waals surface area contributed by atoms with Gasteiger partial charge in [0.25, 0.3) is 0 Å². The summed E-state index contributed by atoms with van der Waals surface area (Å²) in [7, 11) is 0. The molecule has 1 aliphatic heterocycles. The van der Waals surface area contributed by atoms with Gasteiger partial charge in [-0.1, -0.05) is 43.2 Å². The summed E-state index contributed by atoms with van der Waals surface area (Å²) in [4.78, 5) is 14.5. The number of carbonyl (C=O) groups is 1. The van der Waals surface area contributed by atoms with E-state index in [1.807, 2.05) is 0 Å². The molecule has 0 spiro atoms. The van der Waals surface area contributed by atoms with Crippen LogP contribution in [0.15, 0.2) is 30.3 Å². The van der Waals surface area contributed by atoms with Crippen LogP contribution in [-0.4, -0.2) is 43.0 Å². The standard InChI is InChI=1S/C20H33N3O/c21-14-7-2-1-6-10-20(24)22-19-12-16-23(17-13-19)15-11-18-8-4-3-5-9-18/h3-5,8-9,19H,1-2,6-7,10-17,21H2,(H,22,24). The highest BCUT2D eigenvalue weighted by atomic mass is 16.1. The molecule has 134 valence electrons. The Morgan fingerprint density at radius 2 is 1.79 bits per heavy atom. The number of piperidine rings is 1. The van der Waals surface area contributed by atoms with Crippen LogP contribution in [0.3, 0.4) is 0 Å². The highest BCUT2D eigenvalue weighted by Gasteiger charge is 2.20. The Kier molecular flexibility index (Phi) is 8.85. The third-order valence-corrected chi connectivity index (χ3v) is 4.87. The lowest BCUT2D eigenvalue weighted by Crippen LogP contribution is -2.45. The Labute approximate surface area is 146 Å². The Morgan fingerprint density at radius 3 is 2.50 bits per heavy atom. The van der Waals surface area contributed by atoms with Crippen LogP contribution in [0.2, 0.25) is 0 Å². The van der Waals surface area contributed by atoms with Crippen LogP contribution >= 0.6 is 0 Å². The van der Waals surface area contributed by atoms with Crippen LogP contribution in [0.4, 0.5) is 0 Å². The number of hydrogen-bond acceptors (Lipinski definition) is 3. The van der Waals surface area contributed by atoms with Crippen molar-refractivity contribution in [3.63, 3.8) is 0 Å². The average Bonchev–Trinajstić information content (AvgIpc) is 2.62. The number of hydrogen-bond donors (Lipinski definition) is 2. The summed E-state index contributed by atoms with van der Waals surface area (Å²) in [6.45, 7) is 4.06. The Hall–Kier alpha value is -1.39. The maximum atomic E-state index is 12.0. The van der Waals surface area contributed by atoms with Gasteiger partial charge in [-0.2, -0.15) is 0 Å². The van der Waals surface area contributed by atoms with Gasteiger partial charge in [-0.25, -0.2) is 0 Å². The minimum Gasteiger partial charge on any atom is -0.353 e. The maximum absolute atomic E-state index is 12.0. The SMILES string of the molecule is NCCCCCCC(=O)NC1CCN(CCc2ccccc2)CC1. The van der Waals surface area contributed by atoms with Crippen molar-refractivity contribution < 1.29 is 4.79 Å². The van der Waals surface area contributed by atoms with Crippen molar-refractivity contribution in [3.05, 3.63) is 35.9 Å². The van der Waals surface area contributed by atoms with E-state index in [1.54, 1.807) is 0 Å². The largest absolute Gasteiger partial charge is 0.353 e. The predicted molar refractivity (Wildman–Crippen MR) is 99.9 cm³/mol. The molecule has 24 heavy (non-hydrogen) atoms. The van der Waals surface area contributed by atoms with Crippen molar-refractivity contribution in [1.29, 1.82) is 0 Å². The van der Waals surface area contributed by atoms with Gasteiger partial charge in [-0.3, -0.25) is 4.79 Å². The Balaban J connectivity index is 1.54. The molecule has 1 heterocycles. The van der Waals surface area contributed by atoms with Gasteiger partial charge in [0.15, 0.2) is 0 Å². The molecule has 1 aliphatic rings. The van der Waals surface area contributed by atoms with Crippen molar-refractivity contribution >= 4 is 5.91 Å². The van der Waals surface area contributed by atoms with Crippen LogP contribution < -0.4 is 11.1 Å². The van der Waals surface area contributed by atoms with Crippen LogP contribution in [0, 0.1) is 0 Å². The number of nitrogens with two attached hydrogens (primary N) is 1. The second kappa shape index (κ2) is 11.2. The van der Waals surface area contributed by atoms with Crippen LogP contribution in [-0.2, 0) is 11.2 Å². The first-order valence-corrected chi connectivity index (χ1v) is 9.53. The molecular formula is C20H33N3O. The first-order valence-electron chi connectivity index (χ1n) is 9.53. The molecule has 0 aromatic heterocycles. The lowest BCUT2D eigenvalue weighted by atomic mass is 10.0. The van der Waals surface area contributed by atoms with Crippen LogP contribution in [0.5, 0.6) is 0 Å². The number of benzene rings is 1. The molecule has 0 atom stereocenters. The maximum Gasteiger partial charge on any atom is 0.220 e. The zero-order valence-electron chi connectivity index (χ0n) is 14.9. The number of unbranched alkanes of at least 4 members (excludes halogenated alkanes) is 3. The fraction of sp³-hybridized carbons (Fsp3) is 0.650. The highest BCUT2D eigenvalue weighted by Crippen LogP contribution is 2.12. The molecule has 0 radical (unpaired) electrons. The molecule has 1 aromatic carbocycles. The normalized spacial score (nSPS) is 16.2. The van der Waals surface area contributed by atoms with Gasteiger partial charge >= 0.3 is 0 Å². The number of nitrogens with zero attached hydrogens (tertiary/aromatic N) is 1. The second-order valence-electron chi connectivity index (χ2n) is 6.87. The molecule has 1 aromatic rings. The first-order chi connectivity index (χ1) is 11.8. The minimum atomic E-state index is 0.227. The van der Waals surface area contributed by atoms with Crippen molar-refractivity contribution in [2.24, 2.45) is 5.73 Å². The van der Waals surface area contributed by atoms with Gasteiger partial charge in [0.2, 0.25) is 5.91 Å². The van der Waals surface area contributed by atoms with Crippen LogP contribution in [0.1, 0.15) is 50.5 Å². The fourth-order valence-electron chi connectivity index (χ4n) is 3.32. The molecule has 4 nitrogen and oxygen atoms in total. The molecule has 0 saturated carbocycles. The smallest absolute Gasteiger partial charge is 0.220 e. The van der Waals surface area contributed by atoms with Gasteiger partial charge in [0, 0.05) is 32.1 Å². The molecule has 0 bridgehead atoms. The summed E-state index contributed by atoms with van der Waals surface area (Å²) in [6, 6.07) is 11.0. The summed E-state index contributed by atoms with van der Waals surface area (Å²) in [5.74, 6) is 0.227. The second-order valence-corrected chi connectivity index (χ2v) is 6.87. The minimum absolute atomic E-state index is 0.227. The third-order valence-electron chi connectivity index (χ3n) is 4.87. The zero-order chi connectivity index (χ0) is 17.0. The summed E-state index contributed by atoms with van der Waals surface area (Å²) in [5, 5.41) is 3.21. The molecule has 0 unspecified atom stereocenters. The number of likely N-dealkylation sites (tertiary alicyclic amines) is 1.